The van der Waals surface area contributed by atoms with Crippen molar-refractivity contribution in [1.82, 2.24) is 5.32 Å². The van der Waals surface area contributed by atoms with Gasteiger partial charge in [-0.25, -0.2) is 4.39 Å². The highest BCUT2D eigenvalue weighted by Crippen LogP contribution is 2.23. The minimum Gasteiger partial charge on any atom is -0.508 e. The number of phenolic OH excluding ortho intramolecular Hbond substituents is 1. The molecule has 0 unspecified atom stereocenters. The Morgan fingerprint density at radius 1 is 1.25 bits per heavy atom. The molecule has 4 heteroatoms. The number of rotatable bonds is 5. The second-order valence-electron chi connectivity index (χ2n) is 4.65. The van der Waals surface area contributed by atoms with Crippen LogP contribution in [-0.4, -0.2) is 12.2 Å². The van der Waals surface area contributed by atoms with Gasteiger partial charge in [0.2, 0.25) is 0 Å². The molecule has 0 radical (unpaired) electrons. The second kappa shape index (κ2) is 6.39. The van der Waals surface area contributed by atoms with Crippen molar-refractivity contribution < 1.29 is 14.2 Å². The van der Waals surface area contributed by atoms with E-state index < -0.39 is 0 Å². The molecule has 20 heavy (non-hydrogen) atoms. The zero-order chi connectivity index (χ0) is 14.5. The topological polar surface area (TPSA) is 41.5 Å². The largest absolute Gasteiger partial charge is 0.508 e. The Kier molecular flexibility index (Phi) is 4.58. The predicted molar refractivity (Wildman–Crippen MR) is 76.3 cm³/mol. The Morgan fingerprint density at radius 3 is 2.75 bits per heavy atom. The standard InChI is InChI=1S/C16H18FNO2/c1-11(12-4-3-5-14(17)8-12)18-10-13-9-15(20-2)6-7-16(13)19/h3-9,11,18-19H,10H2,1-2H3/t11-/m1/s1. The fraction of sp³-hybridized carbons (Fsp3) is 0.250. The van der Waals surface area contributed by atoms with E-state index in [4.69, 9.17) is 4.74 Å². The van der Waals surface area contributed by atoms with Gasteiger partial charge in [0.15, 0.2) is 0 Å². The number of hydrogen-bond acceptors (Lipinski definition) is 3. The fourth-order valence-electron chi connectivity index (χ4n) is 1.99. The summed E-state index contributed by atoms with van der Waals surface area (Å²) >= 11 is 0. The molecule has 106 valence electrons. The molecule has 0 aliphatic carbocycles. The van der Waals surface area contributed by atoms with E-state index in [2.05, 4.69) is 5.32 Å². The predicted octanol–water partition coefficient (Wildman–Crippen LogP) is 3.39. The number of nitrogens with one attached hydrogen (secondary N) is 1. The quantitative estimate of drug-likeness (QED) is 0.879. The summed E-state index contributed by atoms with van der Waals surface area (Å²) in [6, 6.07) is 11.5. The zero-order valence-electron chi connectivity index (χ0n) is 11.6. The molecule has 0 aromatic heterocycles. The Bertz CT molecular complexity index is 586. The lowest BCUT2D eigenvalue weighted by Gasteiger charge is -2.15. The summed E-state index contributed by atoms with van der Waals surface area (Å²) in [7, 11) is 1.58. The highest BCUT2D eigenvalue weighted by atomic mass is 19.1. The molecule has 0 bridgehead atoms. The minimum absolute atomic E-state index is 0.0173. The summed E-state index contributed by atoms with van der Waals surface area (Å²) in [4.78, 5) is 0. The van der Waals surface area contributed by atoms with E-state index in [1.807, 2.05) is 13.0 Å². The first kappa shape index (κ1) is 14.3. The van der Waals surface area contributed by atoms with Crippen LogP contribution in [0, 0.1) is 5.82 Å². The van der Waals surface area contributed by atoms with Gasteiger partial charge >= 0.3 is 0 Å². The Hall–Kier alpha value is -2.07. The lowest BCUT2D eigenvalue weighted by Crippen LogP contribution is -2.18. The van der Waals surface area contributed by atoms with Crippen molar-refractivity contribution in [3.63, 3.8) is 0 Å². The van der Waals surface area contributed by atoms with Crippen LogP contribution < -0.4 is 10.1 Å². The Balaban J connectivity index is 2.05. The van der Waals surface area contributed by atoms with Crippen LogP contribution in [0.1, 0.15) is 24.1 Å². The summed E-state index contributed by atoms with van der Waals surface area (Å²) in [6.45, 7) is 2.42. The van der Waals surface area contributed by atoms with Crippen LogP contribution in [0.5, 0.6) is 11.5 Å². The van der Waals surface area contributed by atoms with Gasteiger partial charge in [-0.2, -0.15) is 0 Å². The van der Waals surface area contributed by atoms with E-state index in [9.17, 15) is 9.50 Å². The number of halogens is 1. The summed E-state index contributed by atoms with van der Waals surface area (Å²) in [5.41, 5.74) is 1.61. The molecule has 0 saturated carbocycles. The van der Waals surface area contributed by atoms with E-state index in [1.165, 1.54) is 12.1 Å². The van der Waals surface area contributed by atoms with Crippen molar-refractivity contribution in [3.8, 4) is 11.5 Å². The number of phenols is 1. The molecule has 0 aliphatic heterocycles. The normalized spacial score (nSPS) is 12.2. The van der Waals surface area contributed by atoms with Gasteiger partial charge in [-0.15, -0.1) is 0 Å². The van der Waals surface area contributed by atoms with Crippen LogP contribution in [0.4, 0.5) is 4.39 Å². The number of methoxy groups -OCH3 is 1. The van der Waals surface area contributed by atoms with Gasteiger partial charge in [-0.1, -0.05) is 12.1 Å². The third-order valence-corrected chi connectivity index (χ3v) is 3.23. The van der Waals surface area contributed by atoms with E-state index in [1.54, 1.807) is 31.4 Å². The summed E-state index contributed by atoms with van der Waals surface area (Å²) in [6.07, 6.45) is 0. The summed E-state index contributed by atoms with van der Waals surface area (Å²) < 4.78 is 18.3. The van der Waals surface area contributed by atoms with Crippen LogP contribution in [0.2, 0.25) is 0 Å². The Morgan fingerprint density at radius 2 is 2.05 bits per heavy atom. The number of hydrogen-bond donors (Lipinski definition) is 2. The molecular weight excluding hydrogens is 257 g/mol. The molecular formula is C16H18FNO2. The first-order chi connectivity index (χ1) is 9.60. The molecule has 0 amide bonds. The van der Waals surface area contributed by atoms with E-state index >= 15 is 0 Å². The van der Waals surface area contributed by atoms with Crippen molar-refractivity contribution in [1.29, 1.82) is 0 Å². The van der Waals surface area contributed by atoms with Crippen LogP contribution in [-0.2, 0) is 6.54 Å². The fourth-order valence-corrected chi connectivity index (χ4v) is 1.99. The molecule has 0 aliphatic rings. The van der Waals surface area contributed by atoms with Crippen molar-refractivity contribution in [2.75, 3.05) is 7.11 Å². The number of aromatic hydroxyl groups is 1. The maximum Gasteiger partial charge on any atom is 0.123 e. The molecule has 1 atom stereocenters. The molecule has 2 aromatic carbocycles. The molecule has 2 N–H and O–H groups in total. The van der Waals surface area contributed by atoms with Crippen LogP contribution in [0.15, 0.2) is 42.5 Å². The van der Waals surface area contributed by atoms with Gasteiger partial charge in [0.25, 0.3) is 0 Å². The Labute approximate surface area is 118 Å². The van der Waals surface area contributed by atoms with Crippen LogP contribution in [0.3, 0.4) is 0 Å². The average Bonchev–Trinajstić information content (AvgIpc) is 2.46. The molecule has 2 rings (SSSR count). The molecule has 0 saturated heterocycles. The van der Waals surface area contributed by atoms with Crippen LogP contribution in [0.25, 0.3) is 0 Å². The van der Waals surface area contributed by atoms with Gasteiger partial charge in [0.05, 0.1) is 7.11 Å². The van der Waals surface area contributed by atoms with Gasteiger partial charge in [0.1, 0.15) is 17.3 Å². The highest BCUT2D eigenvalue weighted by molar-refractivity contribution is 5.39. The smallest absolute Gasteiger partial charge is 0.123 e. The lowest BCUT2D eigenvalue weighted by atomic mass is 10.1. The van der Waals surface area contributed by atoms with Crippen molar-refractivity contribution in [2.24, 2.45) is 0 Å². The summed E-state index contributed by atoms with van der Waals surface area (Å²) in [5, 5.41) is 13.1. The molecule has 0 heterocycles. The van der Waals surface area contributed by atoms with Crippen molar-refractivity contribution in [3.05, 3.63) is 59.4 Å². The first-order valence-corrected chi connectivity index (χ1v) is 6.45. The third-order valence-electron chi connectivity index (χ3n) is 3.23. The van der Waals surface area contributed by atoms with Gasteiger partial charge in [-0.3, -0.25) is 0 Å². The van der Waals surface area contributed by atoms with Gasteiger partial charge in [0, 0.05) is 18.2 Å². The van der Waals surface area contributed by atoms with E-state index in [-0.39, 0.29) is 17.6 Å². The minimum atomic E-state index is -0.250. The third kappa shape index (κ3) is 3.48. The van der Waals surface area contributed by atoms with Crippen molar-refractivity contribution >= 4 is 0 Å². The van der Waals surface area contributed by atoms with Crippen LogP contribution >= 0.6 is 0 Å². The first-order valence-electron chi connectivity index (χ1n) is 6.45. The van der Waals surface area contributed by atoms with Gasteiger partial charge in [-0.05, 0) is 42.8 Å². The lowest BCUT2D eigenvalue weighted by molar-refractivity contribution is 0.409. The van der Waals surface area contributed by atoms with Crippen molar-refractivity contribution in [2.45, 2.75) is 19.5 Å². The maximum absolute atomic E-state index is 13.2. The van der Waals surface area contributed by atoms with E-state index in [0.29, 0.717) is 12.3 Å². The second-order valence-corrected chi connectivity index (χ2v) is 4.65. The van der Waals surface area contributed by atoms with E-state index in [0.717, 1.165) is 11.1 Å². The molecule has 0 spiro atoms. The highest BCUT2D eigenvalue weighted by Gasteiger charge is 2.08. The average molecular weight is 275 g/mol. The van der Waals surface area contributed by atoms with Gasteiger partial charge < -0.3 is 15.2 Å². The monoisotopic (exact) mass is 275 g/mol. The number of ether oxygens (including phenoxy) is 1. The zero-order valence-corrected chi connectivity index (χ0v) is 11.6. The SMILES string of the molecule is COc1ccc(O)c(CN[C@H](C)c2cccc(F)c2)c1. The maximum atomic E-state index is 13.2. The molecule has 2 aromatic rings. The summed E-state index contributed by atoms with van der Waals surface area (Å²) in [5.74, 6) is 0.656. The number of benzene rings is 2. The molecule has 3 nitrogen and oxygen atoms in total. The molecule has 0 fully saturated rings.